The molecule has 0 aromatic rings. The van der Waals surface area contributed by atoms with Crippen molar-refractivity contribution < 1.29 is 76.1 Å². The Morgan fingerprint density at radius 3 is 1.33 bits per heavy atom. The number of hydrogen-bond donors (Lipinski definition) is 0. The normalized spacial score (nSPS) is 2.00. The van der Waals surface area contributed by atoms with E-state index < -0.39 is 0 Å². The number of rotatable bonds is 0. The molecule has 3 nitrogen and oxygen atoms in total. The average molecular weight is 172 g/mol. The standard InChI is InChI=1S/BrH.HNO2.2Na/c;2-1-3;;/h1H;(H,2,3);;/q;;2*+1/p-2. The molecule has 0 aromatic carbocycles. The van der Waals surface area contributed by atoms with E-state index in [1.165, 1.54) is 0 Å². The third-order valence-electron chi connectivity index (χ3n) is 0. The predicted molar refractivity (Wildman–Crippen MR) is 9.16 cm³/mol. The van der Waals surface area contributed by atoms with Crippen LogP contribution in [0.25, 0.3) is 0 Å². The summed E-state index contributed by atoms with van der Waals surface area (Å²) in [6.07, 6.45) is 0. The zero-order valence-electron chi connectivity index (χ0n) is 3.64. The van der Waals surface area contributed by atoms with E-state index in [4.69, 9.17) is 10.1 Å². The summed E-state index contributed by atoms with van der Waals surface area (Å²) in [5.41, 5.74) is 0. The minimum absolute atomic E-state index is 0. The fourth-order valence-corrected chi connectivity index (χ4v) is 0. The maximum atomic E-state index is 8.00. The summed E-state index contributed by atoms with van der Waals surface area (Å²) in [7, 11) is 0. The molecule has 6 heavy (non-hydrogen) atoms. The Labute approximate surface area is 90.2 Å². The summed E-state index contributed by atoms with van der Waals surface area (Å²) in [6.45, 7) is 0. The van der Waals surface area contributed by atoms with Crippen LogP contribution in [0.2, 0.25) is 0 Å². The molecule has 0 amide bonds. The first kappa shape index (κ1) is 24.8. The fraction of sp³-hybridized carbons (Fsp3) is 0. The summed E-state index contributed by atoms with van der Waals surface area (Å²) in [4.78, 5) is 8.00. The Morgan fingerprint density at radius 2 is 1.33 bits per heavy atom. The van der Waals surface area contributed by atoms with E-state index in [0.29, 0.717) is 0 Å². The van der Waals surface area contributed by atoms with Gasteiger partial charge in [-0.15, -0.1) is 5.34 Å². The van der Waals surface area contributed by atoms with Crippen molar-refractivity contribution in [2.45, 2.75) is 0 Å². The van der Waals surface area contributed by atoms with Crippen molar-refractivity contribution in [1.29, 1.82) is 0 Å². The van der Waals surface area contributed by atoms with Gasteiger partial charge in [0.15, 0.2) is 0 Å². The Bertz CT molecular complexity index is 19.0. The first-order valence-electron chi connectivity index (χ1n) is 0.365. The second-order valence-corrected chi connectivity index (χ2v) is 0.0745. The van der Waals surface area contributed by atoms with E-state index in [-0.39, 0.29) is 76.1 Å². The molecular formula is BrNNa2O2. The third-order valence-corrected chi connectivity index (χ3v) is 0. The van der Waals surface area contributed by atoms with Crippen LogP contribution in [0.3, 0.4) is 0 Å². The molecule has 0 unspecified atom stereocenters. The molecule has 0 heterocycles. The first-order valence-corrected chi connectivity index (χ1v) is 0.365. The molecule has 0 aliphatic rings. The van der Waals surface area contributed by atoms with Gasteiger partial charge in [0.05, 0.1) is 0 Å². The van der Waals surface area contributed by atoms with Crippen LogP contribution in [-0.4, -0.2) is 0 Å². The first-order chi connectivity index (χ1) is 1.41. The van der Waals surface area contributed by atoms with E-state index in [1.807, 2.05) is 0 Å². The van der Waals surface area contributed by atoms with E-state index in [0.717, 1.165) is 5.34 Å². The summed E-state index contributed by atoms with van der Waals surface area (Å²) in [5.74, 6) is 0. The number of nitrogens with zero attached hydrogens (tertiary/aromatic N) is 1. The van der Waals surface area contributed by atoms with Crippen LogP contribution in [0.5, 0.6) is 0 Å². The van der Waals surface area contributed by atoms with Crippen LogP contribution < -0.4 is 76.1 Å². The summed E-state index contributed by atoms with van der Waals surface area (Å²) >= 11 is 0. The molecule has 0 N–H and O–H groups in total. The Morgan fingerprint density at radius 1 is 1.33 bits per heavy atom. The van der Waals surface area contributed by atoms with Gasteiger partial charge in [0.25, 0.3) is 0 Å². The van der Waals surface area contributed by atoms with Crippen LogP contribution >= 0.6 is 0 Å². The SMILES string of the molecule is O=N[O-].[Br-].[Na+].[Na+]. The molecule has 0 rings (SSSR count). The molecule has 0 fully saturated rings. The largest absolute Gasteiger partial charge is 1.00 e. The topological polar surface area (TPSA) is 52.5 Å². The minimum atomic E-state index is 0. The molecule has 0 atom stereocenters. The van der Waals surface area contributed by atoms with E-state index >= 15 is 0 Å². The van der Waals surface area contributed by atoms with Crippen molar-refractivity contribution in [2.24, 2.45) is 5.34 Å². The van der Waals surface area contributed by atoms with Gasteiger partial charge >= 0.3 is 59.1 Å². The van der Waals surface area contributed by atoms with Crippen LogP contribution in [0, 0.1) is 10.1 Å². The van der Waals surface area contributed by atoms with Crippen molar-refractivity contribution in [1.82, 2.24) is 0 Å². The molecule has 0 bridgehead atoms. The molecule has 26 valence electrons. The maximum absolute atomic E-state index is 8.00. The van der Waals surface area contributed by atoms with Crippen molar-refractivity contribution >= 4 is 0 Å². The molecule has 0 saturated carbocycles. The monoisotopic (exact) mass is 171 g/mol. The van der Waals surface area contributed by atoms with Gasteiger partial charge in [-0.05, 0) is 0 Å². The Kier molecular flexibility index (Phi) is 118. The van der Waals surface area contributed by atoms with E-state index in [2.05, 4.69) is 0 Å². The summed E-state index contributed by atoms with van der Waals surface area (Å²) < 4.78 is 0. The smallest absolute Gasteiger partial charge is 1.00 e. The summed E-state index contributed by atoms with van der Waals surface area (Å²) in [6, 6.07) is 0. The van der Waals surface area contributed by atoms with Crippen LogP contribution in [-0.2, 0) is 0 Å². The number of hydrogen-bond acceptors (Lipinski definition) is 3. The second kappa shape index (κ2) is 28.7. The number of halogens is 1. The molecule has 0 aliphatic carbocycles. The maximum Gasteiger partial charge on any atom is 1.00 e. The Hall–Kier alpha value is 1.88. The van der Waals surface area contributed by atoms with Crippen molar-refractivity contribution in [2.75, 3.05) is 0 Å². The molecule has 6 heteroatoms. The molecule has 0 aliphatic heterocycles. The minimum Gasteiger partial charge on any atom is -1.00 e. The van der Waals surface area contributed by atoms with E-state index in [9.17, 15) is 0 Å². The zero-order valence-corrected chi connectivity index (χ0v) is 9.23. The van der Waals surface area contributed by atoms with Crippen LogP contribution in [0.1, 0.15) is 0 Å². The fourth-order valence-electron chi connectivity index (χ4n) is 0. The van der Waals surface area contributed by atoms with Gasteiger partial charge in [-0.2, -0.15) is 0 Å². The molecule has 0 saturated heterocycles. The van der Waals surface area contributed by atoms with Gasteiger partial charge in [0, 0.05) is 0 Å². The van der Waals surface area contributed by atoms with Gasteiger partial charge in [-0.1, -0.05) is 0 Å². The van der Waals surface area contributed by atoms with Crippen LogP contribution in [0.15, 0.2) is 5.34 Å². The van der Waals surface area contributed by atoms with Gasteiger partial charge in [-0.3, -0.25) is 0 Å². The zero-order chi connectivity index (χ0) is 2.71. The average Bonchev–Trinajstić information content (AvgIpc) is 0.918. The van der Waals surface area contributed by atoms with Crippen molar-refractivity contribution in [3.63, 3.8) is 0 Å². The summed E-state index contributed by atoms with van der Waals surface area (Å²) in [5, 5.41) is 9.00. The van der Waals surface area contributed by atoms with Crippen LogP contribution in [0.4, 0.5) is 0 Å². The van der Waals surface area contributed by atoms with Gasteiger partial charge < -0.3 is 27.1 Å². The predicted octanol–water partition coefficient (Wildman–Crippen LogP) is -8.74. The second-order valence-electron chi connectivity index (χ2n) is 0.0745. The molecule has 0 aromatic heterocycles. The molecular weight excluding hydrogens is 172 g/mol. The van der Waals surface area contributed by atoms with Crippen molar-refractivity contribution in [3.8, 4) is 0 Å². The van der Waals surface area contributed by atoms with Gasteiger partial charge in [0.1, 0.15) is 0 Å². The molecule has 0 spiro atoms. The third kappa shape index (κ3) is 39.6. The van der Waals surface area contributed by atoms with E-state index in [1.54, 1.807) is 0 Å². The Balaban J connectivity index is -0.00000000667. The molecule has 0 radical (unpaired) electrons. The quantitative estimate of drug-likeness (QED) is 0.207. The van der Waals surface area contributed by atoms with Crippen molar-refractivity contribution in [3.05, 3.63) is 10.1 Å². The van der Waals surface area contributed by atoms with Gasteiger partial charge in [-0.25, -0.2) is 0 Å². The van der Waals surface area contributed by atoms with Gasteiger partial charge in [0.2, 0.25) is 0 Å².